The Kier molecular flexibility index (Phi) is 6.98. The van der Waals surface area contributed by atoms with Crippen LogP contribution in [0, 0.1) is 0 Å². The molecule has 10 rings (SSSR count). The van der Waals surface area contributed by atoms with E-state index in [1.54, 1.807) is 16.2 Å². The summed E-state index contributed by atoms with van der Waals surface area (Å²) >= 11 is 0. The van der Waals surface area contributed by atoms with Crippen LogP contribution in [0.2, 0.25) is 0 Å². The summed E-state index contributed by atoms with van der Waals surface area (Å²) in [5.41, 5.74) is 12.3. The van der Waals surface area contributed by atoms with Crippen LogP contribution in [0.1, 0.15) is 0 Å². The second-order valence-corrected chi connectivity index (χ2v) is 13.5. The van der Waals surface area contributed by atoms with Gasteiger partial charge in [-0.3, -0.25) is 9.13 Å². The van der Waals surface area contributed by atoms with Gasteiger partial charge < -0.3 is 4.42 Å². The van der Waals surface area contributed by atoms with Crippen LogP contribution in [0.25, 0.3) is 99.9 Å². The molecule has 0 saturated carbocycles. The van der Waals surface area contributed by atoms with Crippen molar-refractivity contribution in [1.29, 1.82) is 0 Å². The fraction of sp³-hybridized carbons (Fsp3) is 0.0426. The Balaban J connectivity index is 1.13. The second-order valence-electron chi connectivity index (χ2n) is 13.5. The molecule has 3 heterocycles. The number of hydrogen-bond donors (Lipinski definition) is 0. The first-order valence-corrected chi connectivity index (χ1v) is 17.7. The average molecular weight is 685 g/mol. The van der Waals surface area contributed by atoms with E-state index in [2.05, 4.69) is 121 Å². The van der Waals surface area contributed by atoms with E-state index in [0.29, 0.717) is 5.82 Å². The van der Waals surface area contributed by atoms with E-state index < -0.39 is 0 Å². The van der Waals surface area contributed by atoms with Crippen molar-refractivity contribution >= 4 is 43.7 Å². The SMILES string of the molecule is Cn1c(=O)n(C)c2cc(-c3ccc(-c4cc(-c5ccccc5-c5cccc6oc7ccc8ccccc8c7c56)nc(-c5ccccc5)n4)cc3)ccc21. The molecular weight excluding hydrogens is 653 g/mol. The second kappa shape index (κ2) is 12.0. The highest BCUT2D eigenvalue weighted by atomic mass is 16.3. The zero-order valence-corrected chi connectivity index (χ0v) is 29.1. The van der Waals surface area contributed by atoms with E-state index >= 15 is 0 Å². The van der Waals surface area contributed by atoms with E-state index in [1.807, 2.05) is 43.4 Å². The fourth-order valence-electron chi connectivity index (χ4n) is 7.72. The number of furan rings is 1. The molecule has 53 heavy (non-hydrogen) atoms. The molecule has 0 unspecified atom stereocenters. The lowest BCUT2D eigenvalue weighted by molar-refractivity contribution is 0.669. The molecule has 6 nitrogen and oxygen atoms in total. The van der Waals surface area contributed by atoms with Crippen LogP contribution < -0.4 is 5.69 Å². The summed E-state index contributed by atoms with van der Waals surface area (Å²) in [7, 11) is 3.62. The molecule has 3 aromatic heterocycles. The van der Waals surface area contributed by atoms with Crippen LogP contribution in [0.5, 0.6) is 0 Å². The van der Waals surface area contributed by atoms with Crippen LogP contribution in [0.15, 0.2) is 167 Å². The average Bonchev–Trinajstić information content (AvgIpc) is 3.72. The summed E-state index contributed by atoms with van der Waals surface area (Å²) in [4.78, 5) is 22.9. The number of rotatable bonds is 5. The molecule has 0 radical (unpaired) electrons. The van der Waals surface area contributed by atoms with E-state index in [1.165, 1.54) is 10.8 Å². The first kappa shape index (κ1) is 30.7. The van der Waals surface area contributed by atoms with Gasteiger partial charge in [-0.15, -0.1) is 0 Å². The number of hydrogen-bond acceptors (Lipinski definition) is 4. The maximum absolute atomic E-state index is 12.6. The third-order valence-corrected chi connectivity index (χ3v) is 10.4. The molecule has 0 N–H and O–H groups in total. The molecule has 0 aliphatic heterocycles. The van der Waals surface area contributed by atoms with Crippen molar-refractivity contribution in [3.8, 4) is 56.2 Å². The van der Waals surface area contributed by atoms with E-state index in [-0.39, 0.29) is 5.69 Å². The van der Waals surface area contributed by atoms with Crippen molar-refractivity contribution in [2.24, 2.45) is 14.1 Å². The highest BCUT2D eigenvalue weighted by molar-refractivity contribution is 6.23. The first-order valence-electron chi connectivity index (χ1n) is 17.7. The topological polar surface area (TPSA) is 65.8 Å². The normalized spacial score (nSPS) is 11.7. The number of aromatic nitrogens is 4. The van der Waals surface area contributed by atoms with Gasteiger partial charge >= 0.3 is 5.69 Å². The van der Waals surface area contributed by atoms with Crippen LogP contribution in [-0.2, 0) is 14.1 Å². The molecular formula is C47H32N4O2. The van der Waals surface area contributed by atoms with Gasteiger partial charge in [-0.25, -0.2) is 14.8 Å². The zero-order chi connectivity index (χ0) is 35.6. The highest BCUT2D eigenvalue weighted by Gasteiger charge is 2.19. The maximum Gasteiger partial charge on any atom is 0.328 e. The van der Waals surface area contributed by atoms with Gasteiger partial charge in [0.1, 0.15) is 11.2 Å². The number of benzene rings is 7. The summed E-state index contributed by atoms with van der Waals surface area (Å²) in [6, 6.07) is 54.3. The molecule has 6 heteroatoms. The van der Waals surface area contributed by atoms with Crippen LogP contribution in [0.4, 0.5) is 0 Å². The van der Waals surface area contributed by atoms with Crippen molar-refractivity contribution in [3.63, 3.8) is 0 Å². The molecule has 252 valence electrons. The van der Waals surface area contributed by atoms with Gasteiger partial charge in [-0.2, -0.15) is 0 Å². The molecule has 0 atom stereocenters. The summed E-state index contributed by atoms with van der Waals surface area (Å²) in [5, 5.41) is 4.55. The Morgan fingerprint density at radius 1 is 0.472 bits per heavy atom. The van der Waals surface area contributed by atoms with Gasteiger partial charge in [-0.1, -0.05) is 127 Å². The van der Waals surface area contributed by atoms with Crippen molar-refractivity contribution in [3.05, 3.63) is 168 Å². The molecule has 0 amide bonds. The smallest absolute Gasteiger partial charge is 0.328 e. The maximum atomic E-state index is 12.6. The van der Waals surface area contributed by atoms with Crippen LogP contribution in [0.3, 0.4) is 0 Å². The summed E-state index contributed by atoms with van der Waals surface area (Å²) in [5.74, 6) is 0.658. The van der Waals surface area contributed by atoms with Crippen molar-refractivity contribution in [1.82, 2.24) is 19.1 Å². The van der Waals surface area contributed by atoms with Gasteiger partial charge in [0.2, 0.25) is 0 Å². The Morgan fingerprint density at radius 3 is 1.98 bits per heavy atom. The first-order chi connectivity index (χ1) is 26.0. The minimum absolute atomic E-state index is 0.0360. The van der Waals surface area contributed by atoms with Crippen LogP contribution in [-0.4, -0.2) is 19.1 Å². The predicted octanol–water partition coefficient (Wildman–Crippen LogP) is 11.1. The number of fused-ring (bicyclic) bond motifs is 6. The third kappa shape index (κ3) is 4.99. The van der Waals surface area contributed by atoms with Gasteiger partial charge in [0.05, 0.1) is 22.4 Å². The molecule has 7 aromatic carbocycles. The standard InChI is InChI=1S/C47H32N4O2/c1-50-40-25-23-33(27-41(40)51(2)47(50)52)29-19-21-31(22-20-29)38-28-39(49-46(48-38)32-12-4-3-5-13-32)36-16-9-8-15-35(36)37-17-10-18-42-45(37)44-34-14-7-6-11-30(34)24-26-43(44)53-42/h3-28H,1-2H3. The number of imidazole rings is 1. The minimum Gasteiger partial charge on any atom is -0.456 e. The molecule has 0 aliphatic rings. The lowest BCUT2D eigenvalue weighted by Gasteiger charge is -2.14. The summed E-state index contributed by atoms with van der Waals surface area (Å²) in [6.45, 7) is 0. The predicted molar refractivity (Wildman–Crippen MR) is 216 cm³/mol. The van der Waals surface area contributed by atoms with Crippen molar-refractivity contribution < 1.29 is 4.42 Å². The lowest BCUT2D eigenvalue weighted by atomic mass is 9.92. The molecule has 0 fully saturated rings. The molecule has 0 aliphatic carbocycles. The Bertz CT molecular complexity index is 3100. The quantitative estimate of drug-likeness (QED) is 0.181. The third-order valence-electron chi connectivity index (χ3n) is 10.4. The summed E-state index contributed by atoms with van der Waals surface area (Å²) in [6.07, 6.45) is 0. The Morgan fingerprint density at radius 2 is 1.13 bits per heavy atom. The molecule has 0 bridgehead atoms. The summed E-state index contributed by atoms with van der Waals surface area (Å²) < 4.78 is 9.82. The minimum atomic E-state index is -0.0360. The number of aryl methyl sites for hydroxylation is 2. The molecule has 10 aromatic rings. The molecule has 0 saturated heterocycles. The monoisotopic (exact) mass is 684 g/mol. The van der Waals surface area contributed by atoms with Gasteiger partial charge in [-0.05, 0) is 63.4 Å². The lowest BCUT2D eigenvalue weighted by Crippen LogP contribution is -2.19. The Hall–Kier alpha value is -7.05. The van der Waals surface area contributed by atoms with E-state index in [0.717, 1.165) is 83.3 Å². The van der Waals surface area contributed by atoms with Crippen molar-refractivity contribution in [2.45, 2.75) is 0 Å². The van der Waals surface area contributed by atoms with Crippen LogP contribution >= 0.6 is 0 Å². The van der Waals surface area contributed by atoms with E-state index in [4.69, 9.17) is 14.4 Å². The van der Waals surface area contributed by atoms with Gasteiger partial charge in [0, 0.05) is 41.6 Å². The van der Waals surface area contributed by atoms with Gasteiger partial charge in [0.25, 0.3) is 0 Å². The largest absolute Gasteiger partial charge is 0.456 e. The highest BCUT2D eigenvalue weighted by Crippen LogP contribution is 2.43. The Labute approximate surface area is 304 Å². The zero-order valence-electron chi connectivity index (χ0n) is 29.1. The number of nitrogens with zero attached hydrogens (tertiary/aromatic N) is 4. The van der Waals surface area contributed by atoms with Gasteiger partial charge in [0.15, 0.2) is 5.82 Å². The van der Waals surface area contributed by atoms with E-state index in [9.17, 15) is 4.79 Å². The van der Waals surface area contributed by atoms with Crippen molar-refractivity contribution in [2.75, 3.05) is 0 Å². The molecule has 0 spiro atoms. The fourth-order valence-corrected chi connectivity index (χ4v) is 7.72.